The van der Waals surface area contributed by atoms with Gasteiger partial charge in [0, 0.05) is 36.8 Å². The molecule has 1 atom stereocenters. The highest BCUT2D eigenvalue weighted by molar-refractivity contribution is 6.31. The second kappa shape index (κ2) is 8.36. The van der Waals surface area contributed by atoms with E-state index in [2.05, 4.69) is 10.2 Å². The molecule has 1 unspecified atom stereocenters. The summed E-state index contributed by atoms with van der Waals surface area (Å²) in [6, 6.07) is 5.66. The predicted octanol–water partition coefficient (Wildman–Crippen LogP) is 1.64. The molecular weight excluding hydrogens is 302 g/mol. The highest BCUT2D eigenvalue weighted by Crippen LogP contribution is 2.29. The van der Waals surface area contributed by atoms with Crippen molar-refractivity contribution in [3.05, 3.63) is 28.8 Å². The molecule has 6 heteroatoms. The summed E-state index contributed by atoms with van der Waals surface area (Å²) < 4.78 is 5.39. The molecule has 1 amide bonds. The smallest absolute Gasteiger partial charge is 0.224 e. The van der Waals surface area contributed by atoms with E-state index < -0.39 is 0 Å². The maximum atomic E-state index is 12.1. The Labute approximate surface area is 136 Å². The van der Waals surface area contributed by atoms with Crippen LogP contribution in [0, 0.1) is 5.92 Å². The van der Waals surface area contributed by atoms with Gasteiger partial charge >= 0.3 is 0 Å². The average Bonchev–Trinajstić information content (AvgIpc) is 2.54. The third-order valence-corrected chi connectivity index (χ3v) is 4.35. The van der Waals surface area contributed by atoms with Gasteiger partial charge in [0.2, 0.25) is 5.91 Å². The zero-order valence-electron chi connectivity index (χ0n) is 13.0. The Morgan fingerprint density at radius 1 is 1.55 bits per heavy atom. The molecule has 1 fully saturated rings. The molecule has 3 N–H and O–H groups in total. The number of methoxy groups -OCH3 is 1. The van der Waals surface area contributed by atoms with Crippen LogP contribution in [-0.4, -0.2) is 44.1 Å². The first kappa shape index (κ1) is 17.1. The summed E-state index contributed by atoms with van der Waals surface area (Å²) >= 11 is 6.30. The van der Waals surface area contributed by atoms with E-state index in [-0.39, 0.29) is 11.8 Å². The minimum Gasteiger partial charge on any atom is -0.496 e. The van der Waals surface area contributed by atoms with Crippen molar-refractivity contribution >= 4 is 17.5 Å². The van der Waals surface area contributed by atoms with Gasteiger partial charge < -0.3 is 15.8 Å². The van der Waals surface area contributed by atoms with Gasteiger partial charge in [-0.2, -0.15) is 0 Å². The molecule has 1 aliphatic heterocycles. The first-order valence-electron chi connectivity index (χ1n) is 7.67. The number of ether oxygens (including phenoxy) is 1. The molecular formula is C16H24ClN3O2. The van der Waals surface area contributed by atoms with Crippen molar-refractivity contribution in [3.8, 4) is 5.75 Å². The molecule has 1 aromatic carbocycles. The minimum absolute atomic E-state index is 0.0220. The molecule has 0 saturated carbocycles. The van der Waals surface area contributed by atoms with Crippen LogP contribution in [-0.2, 0) is 11.3 Å². The Kier molecular flexibility index (Phi) is 6.49. The zero-order valence-corrected chi connectivity index (χ0v) is 13.7. The first-order valence-corrected chi connectivity index (χ1v) is 8.05. The second-order valence-corrected chi connectivity index (χ2v) is 5.98. The van der Waals surface area contributed by atoms with Gasteiger partial charge in [-0.05, 0) is 31.5 Å². The van der Waals surface area contributed by atoms with Gasteiger partial charge in [-0.1, -0.05) is 17.7 Å². The quantitative estimate of drug-likeness (QED) is 0.834. The van der Waals surface area contributed by atoms with Gasteiger partial charge in [-0.25, -0.2) is 0 Å². The fourth-order valence-corrected chi connectivity index (χ4v) is 3.09. The molecule has 2 rings (SSSR count). The van der Waals surface area contributed by atoms with E-state index in [1.54, 1.807) is 7.11 Å². The largest absolute Gasteiger partial charge is 0.496 e. The zero-order chi connectivity index (χ0) is 15.9. The number of nitrogens with two attached hydrogens (primary N) is 1. The number of nitrogens with one attached hydrogen (secondary N) is 1. The molecule has 0 aromatic heterocycles. The van der Waals surface area contributed by atoms with E-state index in [4.69, 9.17) is 22.1 Å². The number of hydrogen-bond acceptors (Lipinski definition) is 4. The van der Waals surface area contributed by atoms with Crippen LogP contribution in [0.5, 0.6) is 5.75 Å². The second-order valence-electron chi connectivity index (χ2n) is 5.57. The summed E-state index contributed by atoms with van der Waals surface area (Å²) in [4.78, 5) is 14.4. The number of halogens is 1. The lowest BCUT2D eigenvalue weighted by Crippen LogP contribution is -2.43. The van der Waals surface area contributed by atoms with Gasteiger partial charge in [0.05, 0.1) is 13.0 Å². The predicted molar refractivity (Wildman–Crippen MR) is 88.1 cm³/mol. The fraction of sp³-hybridized carbons (Fsp3) is 0.562. The number of likely N-dealkylation sites (tertiary alicyclic amines) is 1. The molecule has 1 heterocycles. The maximum absolute atomic E-state index is 12.1. The normalized spacial score (nSPS) is 19.0. The van der Waals surface area contributed by atoms with E-state index in [0.29, 0.717) is 24.7 Å². The minimum atomic E-state index is 0.0220. The van der Waals surface area contributed by atoms with Crippen molar-refractivity contribution in [2.24, 2.45) is 11.7 Å². The number of carbonyl (C=O) groups excluding carboxylic acids is 1. The van der Waals surface area contributed by atoms with Gasteiger partial charge in [0.25, 0.3) is 0 Å². The number of hydrogen-bond donors (Lipinski definition) is 2. The van der Waals surface area contributed by atoms with Crippen molar-refractivity contribution < 1.29 is 9.53 Å². The molecule has 0 radical (unpaired) electrons. The number of rotatable bonds is 6. The van der Waals surface area contributed by atoms with Crippen molar-refractivity contribution in [1.82, 2.24) is 10.2 Å². The van der Waals surface area contributed by atoms with Crippen molar-refractivity contribution in [2.45, 2.75) is 19.4 Å². The fourth-order valence-electron chi connectivity index (χ4n) is 2.86. The summed E-state index contributed by atoms with van der Waals surface area (Å²) in [6.07, 6.45) is 1.93. The van der Waals surface area contributed by atoms with Crippen LogP contribution in [0.1, 0.15) is 18.4 Å². The highest BCUT2D eigenvalue weighted by Gasteiger charge is 2.26. The van der Waals surface area contributed by atoms with Gasteiger partial charge in [0.1, 0.15) is 5.75 Å². The van der Waals surface area contributed by atoms with Crippen LogP contribution < -0.4 is 15.8 Å². The lowest BCUT2D eigenvalue weighted by atomic mass is 9.96. The molecule has 1 aliphatic rings. The van der Waals surface area contributed by atoms with Crippen molar-refractivity contribution in [3.63, 3.8) is 0 Å². The third-order valence-electron chi connectivity index (χ3n) is 4.00. The van der Waals surface area contributed by atoms with E-state index in [1.165, 1.54) is 0 Å². The van der Waals surface area contributed by atoms with Gasteiger partial charge in [-0.15, -0.1) is 0 Å². The van der Waals surface area contributed by atoms with E-state index in [1.807, 2.05) is 18.2 Å². The summed E-state index contributed by atoms with van der Waals surface area (Å²) in [5.41, 5.74) is 6.41. The van der Waals surface area contributed by atoms with E-state index in [9.17, 15) is 4.79 Å². The Morgan fingerprint density at radius 2 is 2.36 bits per heavy atom. The van der Waals surface area contributed by atoms with E-state index >= 15 is 0 Å². The lowest BCUT2D eigenvalue weighted by Gasteiger charge is -2.32. The molecule has 22 heavy (non-hydrogen) atoms. The average molecular weight is 326 g/mol. The monoisotopic (exact) mass is 325 g/mol. The highest BCUT2D eigenvalue weighted by atomic mass is 35.5. The molecule has 122 valence electrons. The molecule has 1 aromatic rings. The summed E-state index contributed by atoms with van der Waals surface area (Å²) in [6.45, 7) is 3.41. The van der Waals surface area contributed by atoms with Gasteiger partial charge in [-0.3, -0.25) is 9.69 Å². The molecule has 5 nitrogen and oxygen atoms in total. The Bertz CT molecular complexity index is 510. The SMILES string of the molecule is COc1cccc(Cl)c1CN1CCCC(C(=O)NCCN)C1. The van der Waals surface area contributed by atoms with Crippen LogP contribution in [0.2, 0.25) is 5.02 Å². The number of benzene rings is 1. The molecule has 0 spiro atoms. The Morgan fingerprint density at radius 3 is 3.09 bits per heavy atom. The Balaban J connectivity index is 2.00. The summed E-state index contributed by atoms with van der Waals surface area (Å²) in [5, 5.41) is 3.58. The van der Waals surface area contributed by atoms with Crippen molar-refractivity contribution in [1.29, 1.82) is 0 Å². The topological polar surface area (TPSA) is 67.6 Å². The number of piperidine rings is 1. The first-order chi connectivity index (χ1) is 10.7. The third kappa shape index (κ3) is 4.35. The number of carbonyl (C=O) groups is 1. The van der Waals surface area contributed by atoms with Gasteiger partial charge in [0.15, 0.2) is 0 Å². The van der Waals surface area contributed by atoms with Crippen LogP contribution >= 0.6 is 11.6 Å². The summed E-state index contributed by atoms with van der Waals surface area (Å²) in [5.74, 6) is 0.914. The van der Waals surface area contributed by atoms with Crippen molar-refractivity contribution in [2.75, 3.05) is 33.3 Å². The number of amides is 1. The summed E-state index contributed by atoms with van der Waals surface area (Å²) in [7, 11) is 1.65. The standard InChI is InChI=1S/C16H24ClN3O2/c1-22-15-6-2-5-14(17)13(15)11-20-9-3-4-12(10-20)16(21)19-8-7-18/h2,5-6,12H,3-4,7-11,18H2,1H3,(H,19,21). The Hall–Kier alpha value is -1.30. The van der Waals surface area contributed by atoms with Crippen LogP contribution in [0.3, 0.4) is 0 Å². The van der Waals surface area contributed by atoms with Crippen LogP contribution in [0.4, 0.5) is 0 Å². The van der Waals surface area contributed by atoms with E-state index in [0.717, 1.165) is 37.2 Å². The number of nitrogens with zero attached hydrogens (tertiary/aromatic N) is 1. The van der Waals surface area contributed by atoms with Crippen LogP contribution in [0.25, 0.3) is 0 Å². The maximum Gasteiger partial charge on any atom is 0.224 e. The van der Waals surface area contributed by atoms with Crippen LogP contribution in [0.15, 0.2) is 18.2 Å². The molecule has 0 aliphatic carbocycles. The molecule has 0 bridgehead atoms. The lowest BCUT2D eigenvalue weighted by molar-refractivity contribution is -0.126. The molecule has 1 saturated heterocycles.